The summed E-state index contributed by atoms with van der Waals surface area (Å²) in [7, 11) is 0. The van der Waals surface area contributed by atoms with Gasteiger partial charge >= 0.3 is 0 Å². The summed E-state index contributed by atoms with van der Waals surface area (Å²) < 4.78 is 2.05. The van der Waals surface area contributed by atoms with Crippen LogP contribution in [0.1, 0.15) is 16.8 Å². The molecule has 0 unspecified atom stereocenters. The van der Waals surface area contributed by atoms with Crippen LogP contribution in [-0.2, 0) is 6.42 Å². The first kappa shape index (κ1) is 14.8. The van der Waals surface area contributed by atoms with Crippen molar-refractivity contribution in [3.63, 3.8) is 0 Å². The lowest BCUT2D eigenvalue weighted by molar-refractivity contribution is 0.875. The van der Waals surface area contributed by atoms with Gasteiger partial charge in [0.15, 0.2) is 5.16 Å². The van der Waals surface area contributed by atoms with Gasteiger partial charge in [0.2, 0.25) is 0 Å². The van der Waals surface area contributed by atoms with Crippen molar-refractivity contribution in [3.8, 4) is 5.69 Å². The van der Waals surface area contributed by atoms with Crippen LogP contribution in [0.4, 0.5) is 0 Å². The fourth-order valence-corrected chi connectivity index (χ4v) is 3.24. The third-order valence-electron chi connectivity index (χ3n) is 3.44. The molecule has 4 nitrogen and oxygen atoms in total. The number of aromatic nitrogens is 4. The van der Waals surface area contributed by atoms with Crippen LogP contribution in [0, 0.1) is 13.8 Å². The van der Waals surface area contributed by atoms with Gasteiger partial charge in [-0.2, -0.15) is 0 Å². The Morgan fingerprint density at radius 3 is 2.82 bits per heavy atom. The minimum Gasteiger partial charge on any atom is -0.276 e. The minimum atomic E-state index is 0.919. The number of aryl methyl sites for hydroxylation is 3. The topological polar surface area (TPSA) is 43.6 Å². The molecule has 0 aliphatic rings. The molecule has 0 aliphatic carbocycles. The number of thioether (sulfide) groups is 1. The van der Waals surface area contributed by atoms with E-state index in [1.54, 1.807) is 18.1 Å². The summed E-state index contributed by atoms with van der Waals surface area (Å²) in [5.74, 6) is 0.931. The lowest BCUT2D eigenvalue weighted by Gasteiger charge is -2.10. The fraction of sp³-hybridized carbons (Fsp3) is 0.235. The van der Waals surface area contributed by atoms with Crippen LogP contribution in [0.2, 0.25) is 0 Å². The summed E-state index contributed by atoms with van der Waals surface area (Å²) in [6, 6.07) is 12.4. The lowest BCUT2D eigenvalue weighted by atomic mass is 10.1. The molecule has 2 aromatic heterocycles. The molecule has 0 saturated heterocycles. The van der Waals surface area contributed by atoms with Gasteiger partial charge in [0.25, 0.3) is 0 Å². The van der Waals surface area contributed by atoms with Gasteiger partial charge in [0.05, 0.1) is 5.69 Å². The number of benzene rings is 1. The number of nitrogens with zero attached hydrogens (tertiary/aromatic N) is 4. The molecule has 3 aromatic rings. The Labute approximate surface area is 134 Å². The van der Waals surface area contributed by atoms with Crippen molar-refractivity contribution in [1.82, 2.24) is 19.7 Å². The highest BCUT2D eigenvalue weighted by Gasteiger charge is 2.09. The predicted octanol–water partition coefficient (Wildman–Crippen LogP) is 3.61. The molecule has 0 radical (unpaired) electrons. The van der Waals surface area contributed by atoms with Gasteiger partial charge in [-0.1, -0.05) is 35.5 Å². The summed E-state index contributed by atoms with van der Waals surface area (Å²) in [5.41, 5.74) is 4.73. The summed E-state index contributed by atoms with van der Waals surface area (Å²) in [6.45, 7) is 4.22. The highest BCUT2D eigenvalue weighted by atomic mass is 32.2. The molecule has 0 amide bonds. The Kier molecular flexibility index (Phi) is 4.53. The monoisotopic (exact) mass is 310 g/mol. The maximum atomic E-state index is 4.35. The summed E-state index contributed by atoms with van der Waals surface area (Å²) in [5, 5.41) is 9.23. The normalized spacial score (nSPS) is 10.8. The van der Waals surface area contributed by atoms with Crippen molar-refractivity contribution in [1.29, 1.82) is 0 Å². The van der Waals surface area contributed by atoms with Gasteiger partial charge in [0, 0.05) is 17.6 Å². The van der Waals surface area contributed by atoms with Crippen molar-refractivity contribution >= 4 is 11.8 Å². The number of rotatable bonds is 5. The molecule has 0 aliphatic heterocycles. The Morgan fingerprint density at radius 2 is 2.05 bits per heavy atom. The first-order chi connectivity index (χ1) is 10.7. The van der Waals surface area contributed by atoms with Crippen LogP contribution in [0.15, 0.2) is 54.1 Å². The van der Waals surface area contributed by atoms with Crippen molar-refractivity contribution in [3.05, 3.63) is 65.7 Å². The van der Waals surface area contributed by atoms with Crippen LogP contribution in [0.5, 0.6) is 0 Å². The van der Waals surface area contributed by atoms with Gasteiger partial charge in [-0.05, 0) is 44.0 Å². The molecular weight excluding hydrogens is 292 g/mol. The molecule has 0 bridgehead atoms. The largest absolute Gasteiger partial charge is 0.276 e. The molecule has 0 spiro atoms. The molecule has 22 heavy (non-hydrogen) atoms. The van der Waals surface area contributed by atoms with Crippen molar-refractivity contribution < 1.29 is 0 Å². The summed E-state index contributed by atoms with van der Waals surface area (Å²) in [6.07, 6.45) is 4.53. The summed E-state index contributed by atoms with van der Waals surface area (Å²) >= 11 is 1.71. The molecule has 1 aromatic carbocycles. The molecule has 0 saturated carbocycles. The Hall–Kier alpha value is -2.14. The van der Waals surface area contributed by atoms with E-state index in [-0.39, 0.29) is 0 Å². The van der Waals surface area contributed by atoms with Crippen molar-refractivity contribution in [2.24, 2.45) is 0 Å². The van der Waals surface area contributed by atoms with E-state index in [1.165, 1.54) is 11.1 Å². The average Bonchev–Trinajstić information content (AvgIpc) is 2.97. The highest BCUT2D eigenvalue weighted by Crippen LogP contribution is 2.23. The molecule has 112 valence electrons. The first-order valence-electron chi connectivity index (χ1n) is 7.24. The molecule has 0 fully saturated rings. The fourth-order valence-electron chi connectivity index (χ4n) is 2.36. The van der Waals surface area contributed by atoms with E-state index < -0.39 is 0 Å². The van der Waals surface area contributed by atoms with E-state index >= 15 is 0 Å². The van der Waals surface area contributed by atoms with Gasteiger partial charge < -0.3 is 0 Å². The van der Waals surface area contributed by atoms with Crippen molar-refractivity contribution in [2.45, 2.75) is 25.4 Å². The van der Waals surface area contributed by atoms with E-state index in [0.29, 0.717) is 0 Å². The van der Waals surface area contributed by atoms with Gasteiger partial charge in [-0.25, -0.2) is 0 Å². The van der Waals surface area contributed by atoms with E-state index in [4.69, 9.17) is 0 Å². The standard InChI is InChI=1S/C17H18N4S/c1-13-6-7-16(14(2)11-13)21-12-19-20-17(21)22-10-8-15-5-3-4-9-18-15/h3-7,9,11-12H,8,10H2,1-2H3. The molecule has 3 rings (SSSR count). The smallest absolute Gasteiger partial charge is 0.195 e. The molecule has 0 N–H and O–H groups in total. The molecule has 2 heterocycles. The molecular formula is C17H18N4S. The predicted molar refractivity (Wildman–Crippen MR) is 89.5 cm³/mol. The zero-order valence-corrected chi connectivity index (χ0v) is 13.5. The highest BCUT2D eigenvalue weighted by molar-refractivity contribution is 7.99. The second-order valence-corrected chi connectivity index (χ2v) is 6.26. The summed E-state index contributed by atoms with van der Waals surface area (Å²) in [4.78, 5) is 4.35. The zero-order chi connectivity index (χ0) is 15.4. The van der Waals surface area contributed by atoms with Crippen LogP contribution in [0.3, 0.4) is 0 Å². The zero-order valence-electron chi connectivity index (χ0n) is 12.7. The van der Waals surface area contributed by atoms with E-state index in [0.717, 1.165) is 28.7 Å². The number of hydrogen-bond donors (Lipinski definition) is 0. The molecule has 0 atom stereocenters. The quantitative estimate of drug-likeness (QED) is 0.675. The van der Waals surface area contributed by atoms with E-state index in [2.05, 4.69) is 57.9 Å². The Bertz CT molecular complexity index is 752. The van der Waals surface area contributed by atoms with Crippen LogP contribution in [-0.4, -0.2) is 25.5 Å². The van der Waals surface area contributed by atoms with Gasteiger partial charge in [-0.3, -0.25) is 9.55 Å². The van der Waals surface area contributed by atoms with Crippen LogP contribution in [0.25, 0.3) is 5.69 Å². The lowest BCUT2D eigenvalue weighted by Crippen LogP contribution is -1.99. The average molecular weight is 310 g/mol. The second kappa shape index (κ2) is 6.75. The number of hydrogen-bond acceptors (Lipinski definition) is 4. The first-order valence-corrected chi connectivity index (χ1v) is 8.23. The third-order valence-corrected chi connectivity index (χ3v) is 4.39. The number of pyridine rings is 1. The van der Waals surface area contributed by atoms with E-state index in [9.17, 15) is 0 Å². The third kappa shape index (κ3) is 3.36. The maximum Gasteiger partial charge on any atom is 0.195 e. The second-order valence-electron chi connectivity index (χ2n) is 5.19. The van der Waals surface area contributed by atoms with Gasteiger partial charge in [-0.15, -0.1) is 10.2 Å². The Balaban J connectivity index is 1.72. The van der Waals surface area contributed by atoms with Crippen LogP contribution < -0.4 is 0 Å². The van der Waals surface area contributed by atoms with Crippen LogP contribution >= 0.6 is 11.8 Å². The minimum absolute atomic E-state index is 0.919. The van der Waals surface area contributed by atoms with Crippen molar-refractivity contribution in [2.75, 3.05) is 5.75 Å². The maximum absolute atomic E-state index is 4.35. The Morgan fingerprint density at radius 1 is 1.14 bits per heavy atom. The van der Waals surface area contributed by atoms with Gasteiger partial charge in [0.1, 0.15) is 6.33 Å². The SMILES string of the molecule is Cc1ccc(-n2cnnc2SCCc2ccccn2)c(C)c1. The van der Waals surface area contributed by atoms with E-state index in [1.807, 2.05) is 18.3 Å². The molecule has 5 heteroatoms.